The number of aromatic nitrogens is 2. The fraction of sp³-hybridized carbons (Fsp3) is 0.190. The van der Waals surface area contributed by atoms with Gasteiger partial charge in [-0.15, -0.1) is 0 Å². The van der Waals surface area contributed by atoms with E-state index in [0.29, 0.717) is 36.0 Å². The minimum atomic E-state index is -0.219. The summed E-state index contributed by atoms with van der Waals surface area (Å²) in [6.45, 7) is 3.16. The maximum Gasteiger partial charge on any atom is 0.253 e. The van der Waals surface area contributed by atoms with E-state index in [4.69, 9.17) is 16.3 Å². The molecule has 0 aliphatic carbocycles. The molecule has 1 amide bonds. The molecule has 0 saturated carbocycles. The SMILES string of the molecule is CCOc1ccc(-c2cc(=O)n(CCNC(=O)c3ccc(Cl)cc3)cn2)cc1. The summed E-state index contributed by atoms with van der Waals surface area (Å²) in [5, 5.41) is 3.35. The molecule has 0 unspecified atom stereocenters. The fourth-order valence-electron chi connectivity index (χ4n) is 2.63. The molecule has 1 aromatic heterocycles. The third kappa shape index (κ3) is 4.98. The van der Waals surface area contributed by atoms with E-state index in [1.165, 1.54) is 17.0 Å². The standard InChI is InChI=1S/C21H20ClN3O3/c1-2-28-18-9-5-15(6-10-18)19-13-20(26)25(14-24-19)12-11-23-21(27)16-3-7-17(22)8-4-16/h3-10,13-14H,2,11-12H2,1H3,(H,23,27). The van der Waals surface area contributed by atoms with Crippen LogP contribution in [0.4, 0.5) is 0 Å². The average Bonchev–Trinajstić information content (AvgIpc) is 2.70. The third-order valence-corrected chi connectivity index (χ3v) is 4.34. The van der Waals surface area contributed by atoms with E-state index in [0.717, 1.165) is 11.3 Å². The normalized spacial score (nSPS) is 10.5. The predicted octanol–water partition coefficient (Wildman–Crippen LogP) is 3.39. The number of carbonyl (C=O) groups excluding carboxylic acids is 1. The molecule has 2 aromatic carbocycles. The van der Waals surface area contributed by atoms with Crippen LogP contribution in [0, 0.1) is 0 Å². The van der Waals surface area contributed by atoms with E-state index in [9.17, 15) is 9.59 Å². The number of nitrogens with zero attached hydrogens (tertiary/aromatic N) is 2. The molecule has 0 saturated heterocycles. The van der Waals surface area contributed by atoms with E-state index < -0.39 is 0 Å². The minimum Gasteiger partial charge on any atom is -0.494 e. The number of hydrogen-bond donors (Lipinski definition) is 1. The number of nitrogens with one attached hydrogen (secondary N) is 1. The van der Waals surface area contributed by atoms with Crippen LogP contribution in [0.3, 0.4) is 0 Å². The first-order valence-electron chi connectivity index (χ1n) is 8.90. The summed E-state index contributed by atoms with van der Waals surface area (Å²) in [5.74, 6) is 0.555. The maximum absolute atomic E-state index is 12.3. The molecule has 3 aromatic rings. The monoisotopic (exact) mass is 397 g/mol. The Morgan fingerprint density at radius 3 is 2.50 bits per heavy atom. The maximum atomic E-state index is 12.3. The third-order valence-electron chi connectivity index (χ3n) is 4.09. The van der Waals surface area contributed by atoms with Crippen LogP contribution in [0.1, 0.15) is 17.3 Å². The van der Waals surface area contributed by atoms with Gasteiger partial charge in [0, 0.05) is 35.3 Å². The van der Waals surface area contributed by atoms with Gasteiger partial charge in [0.15, 0.2) is 0 Å². The Labute approximate surface area is 167 Å². The van der Waals surface area contributed by atoms with Gasteiger partial charge in [-0.3, -0.25) is 14.2 Å². The second kappa shape index (κ2) is 9.19. The van der Waals surface area contributed by atoms with Crippen molar-refractivity contribution in [2.75, 3.05) is 13.2 Å². The van der Waals surface area contributed by atoms with E-state index in [1.54, 1.807) is 24.3 Å². The summed E-state index contributed by atoms with van der Waals surface area (Å²) in [4.78, 5) is 28.8. The summed E-state index contributed by atoms with van der Waals surface area (Å²) in [6, 6.07) is 15.5. The van der Waals surface area contributed by atoms with Gasteiger partial charge in [-0.2, -0.15) is 0 Å². The van der Waals surface area contributed by atoms with E-state index >= 15 is 0 Å². The van der Waals surface area contributed by atoms with Crippen molar-refractivity contribution >= 4 is 17.5 Å². The largest absolute Gasteiger partial charge is 0.494 e. The zero-order chi connectivity index (χ0) is 19.9. The number of rotatable bonds is 7. The van der Waals surface area contributed by atoms with Crippen LogP contribution in [0.2, 0.25) is 5.02 Å². The van der Waals surface area contributed by atoms with Crippen LogP contribution < -0.4 is 15.6 Å². The van der Waals surface area contributed by atoms with Crippen LogP contribution in [0.15, 0.2) is 65.7 Å². The van der Waals surface area contributed by atoms with Crippen molar-refractivity contribution < 1.29 is 9.53 Å². The zero-order valence-corrected chi connectivity index (χ0v) is 16.1. The highest BCUT2D eigenvalue weighted by Gasteiger charge is 2.06. The molecule has 0 fully saturated rings. The molecule has 1 heterocycles. The molecule has 7 heteroatoms. The van der Waals surface area contributed by atoms with Crippen molar-refractivity contribution in [3.8, 4) is 17.0 Å². The summed E-state index contributed by atoms with van der Waals surface area (Å²) >= 11 is 5.81. The lowest BCUT2D eigenvalue weighted by Gasteiger charge is -2.09. The lowest BCUT2D eigenvalue weighted by Crippen LogP contribution is -2.30. The molecule has 0 radical (unpaired) electrons. The molecule has 0 atom stereocenters. The van der Waals surface area contributed by atoms with Crippen molar-refractivity contribution in [1.29, 1.82) is 0 Å². The molecular weight excluding hydrogens is 378 g/mol. The van der Waals surface area contributed by atoms with E-state index in [2.05, 4.69) is 10.3 Å². The molecule has 0 bridgehead atoms. The molecule has 0 aliphatic heterocycles. The molecule has 0 spiro atoms. The van der Waals surface area contributed by atoms with Crippen molar-refractivity contribution in [2.24, 2.45) is 0 Å². The molecule has 28 heavy (non-hydrogen) atoms. The van der Waals surface area contributed by atoms with Gasteiger partial charge in [0.1, 0.15) is 5.75 Å². The molecule has 1 N–H and O–H groups in total. The Balaban J connectivity index is 1.60. The van der Waals surface area contributed by atoms with Gasteiger partial charge in [0.25, 0.3) is 11.5 Å². The number of halogens is 1. The van der Waals surface area contributed by atoms with Gasteiger partial charge in [0.05, 0.1) is 18.6 Å². The number of ether oxygens (including phenoxy) is 1. The van der Waals surface area contributed by atoms with Gasteiger partial charge < -0.3 is 10.1 Å². The topological polar surface area (TPSA) is 73.2 Å². The zero-order valence-electron chi connectivity index (χ0n) is 15.4. The van der Waals surface area contributed by atoms with Gasteiger partial charge in [-0.1, -0.05) is 11.6 Å². The number of benzene rings is 2. The highest BCUT2D eigenvalue weighted by Crippen LogP contribution is 2.19. The number of carbonyl (C=O) groups is 1. The van der Waals surface area contributed by atoms with Crippen LogP contribution in [-0.2, 0) is 6.54 Å². The molecule has 0 aliphatic rings. The Morgan fingerprint density at radius 1 is 1.14 bits per heavy atom. The summed E-state index contributed by atoms with van der Waals surface area (Å²) < 4.78 is 6.87. The van der Waals surface area contributed by atoms with E-state index in [-0.39, 0.29) is 11.5 Å². The summed E-state index contributed by atoms with van der Waals surface area (Å²) in [6.07, 6.45) is 1.49. The highest BCUT2D eigenvalue weighted by molar-refractivity contribution is 6.30. The van der Waals surface area contributed by atoms with Crippen molar-refractivity contribution in [2.45, 2.75) is 13.5 Å². The first-order chi connectivity index (χ1) is 13.6. The second-order valence-corrected chi connectivity index (χ2v) is 6.46. The quantitative estimate of drug-likeness (QED) is 0.663. The van der Waals surface area contributed by atoms with Crippen LogP contribution in [0.25, 0.3) is 11.3 Å². The Hall–Kier alpha value is -3.12. The Bertz CT molecular complexity index is 999. The fourth-order valence-corrected chi connectivity index (χ4v) is 2.76. The molecular formula is C21H20ClN3O3. The second-order valence-electron chi connectivity index (χ2n) is 6.03. The molecule has 3 rings (SSSR count). The molecule has 6 nitrogen and oxygen atoms in total. The van der Waals surface area contributed by atoms with Crippen molar-refractivity contribution in [1.82, 2.24) is 14.9 Å². The predicted molar refractivity (Wildman–Crippen MR) is 109 cm³/mol. The highest BCUT2D eigenvalue weighted by atomic mass is 35.5. The number of amides is 1. The average molecular weight is 398 g/mol. The smallest absolute Gasteiger partial charge is 0.253 e. The Kier molecular flexibility index (Phi) is 6.45. The first kappa shape index (κ1) is 19.6. The summed E-state index contributed by atoms with van der Waals surface area (Å²) in [5.41, 5.74) is 1.76. The van der Waals surface area contributed by atoms with Crippen molar-refractivity contribution in [3.63, 3.8) is 0 Å². The van der Waals surface area contributed by atoms with Gasteiger partial charge in [0.2, 0.25) is 0 Å². The molecule has 144 valence electrons. The lowest BCUT2D eigenvalue weighted by atomic mass is 10.1. The summed E-state index contributed by atoms with van der Waals surface area (Å²) in [7, 11) is 0. The lowest BCUT2D eigenvalue weighted by molar-refractivity contribution is 0.0952. The Morgan fingerprint density at radius 2 is 1.86 bits per heavy atom. The van der Waals surface area contributed by atoms with Crippen LogP contribution >= 0.6 is 11.6 Å². The van der Waals surface area contributed by atoms with Crippen molar-refractivity contribution in [3.05, 3.63) is 81.9 Å². The van der Waals surface area contributed by atoms with Gasteiger partial charge in [-0.05, 0) is 55.5 Å². The minimum absolute atomic E-state index is 0.181. The van der Waals surface area contributed by atoms with Crippen LogP contribution in [-0.4, -0.2) is 28.6 Å². The first-order valence-corrected chi connectivity index (χ1v) is 9.28. The van der Waals surface area contributed by atoms with Gasteiger partial charge >= 0.3 is 0 Å². The van der Waals surface area contributed by atoms with Gasteiger partial charge in [-0.25, -0.2) is 4.98 Å². The van der Waals surface area contributed by atoms with E-state index in [1.807, 2.05) is 31.2 Å². The number of hydrogen-bond acceptors (Lipinski definition) is 4. The van der Waals surface area contributed by atoms with Crippen LogP contribution in [0.5, 0.6) is 5.75 Å².